The van der Waals surface area contributed by atoms with Gasteiger partial charge in [0.05, 0.1) is 12.4 Å². The summed E-state index contributed by atoms with van der Waals surface area (Å²) >= 11 is 0. The Morgan fingerprint density at radius 1 is 0.929 bits per heavy atom. The zero-order chi connectivity index (χ0) is 30.2. The molecule has 4 unspecified atom stereocenters. The van der Waals surface area contributed by atoms with Gasteiger partial charge in [0.1, 0.15) is 29.6 Å². The van der Waals surface area contributed by atoms with Gasteiger partial charge in [-0.25, -0.2) is 9.78 Å². The summed E-state index contributed by atoms with van der Waals surface area (Å²) in [5.74, 6) is -2.85. The molecule has 0 bridgehead atoms. The molecule has 3 aromatic rings. The van der Waals surface area contributed by atoms with Crippen molar-refractivity contribution in [2.75, 3.05) is 6.54 Å². The highest BCUT2D eigenvalue weighted by Crippen LogP contribution is 2.21. The maximum Gasteiger partial charge on any atom is 0.326 e. The van der Waals surface area contributed by atoms with Crippen LogP contribution < -0.4 is 16.4 Å². The van der Waals surface area contributed by atoms with Gasteiger partial charge in [-0.05, 0) is 48.2 Å². The summed E-state index contributed by atoms with van der Waals surface area (Å²) in [6.45, 7) is 0.245. The second-order valence-corrected chi connectivity index (χ2v) is 10.3. The number of hydrogen-bond donors (Lipinski definition) is 7. The smallest absolute Gasteiger partial charge is 0.326 e. The van der Waals surface area contributed by atoms with Gasteiger partial charge in [0.15, 0.2) is 0 Å². The van der Waals surface area contributed by atoms with Crippen molar-refractivity contribution in [3.05, 3.63) is 77.9 Å². The summed E-state index contributed by atoms with van der Waals surface area (Å²) < 4.78 is 0. The first-order chi connectivity index (χ1) is 20.1. The van der Waals surface area contributed by atoms with Crippen LogP contribution in [0, 0.1) is 0 Å². The minimum absolute atomic E-state index is 0.0181. The molecule has 13 heteroatoms. The van der Waals surface area contributed by atoms with Gasteiger partial charge in [0, 0.05) is 37.7 Å². The van der Waals surface area contributed by atoms with Crippen LogP contribution >= 0.6 is 0 Å². The van der Waals surface area contributed by atoms with E-state index in [0.29, 0.717) is 29.7 Å². The number of carboxylic acids is 1. The molecule has 13 nitrogen and oxygen atoms in total. The van der Waals surface area contributed by atoms with Crippen LogP contribution in [0.3, 0.4) is 0 Å². The van der Waals surface area contributed by atoms with E-state index in [4.69, 9.17) is 5.73 Å². The van der Waals surface area contributed by atoms with Crippen LogP contribution in [0.1, 0.15) is 29.7 Å². The number of aromatic nitrogens is 2. The molecule has 2 heterocycles. The van der Waals surface area contributed by atoms with Gasteiger partial charge < -0.3 is 41.6 Å². The van der Waals surface area contributed by atoms with Crippen molar-refractivity contribution in [3.63, 3.8) is 0 Å². The molecule has 4 atom stereocenters. The predicted octanol–water partition coefficient (Wildman–Crippen LogP) is 0.221. The van der Waals surface area contributed by atoms with Crippen molar-refractivity contribution in [2.24, 2.45) is 5.73 Å². The van der Waals surface area contributed by atoms with E-state index in [1.807, 2.05) is 0 Å². The van der Waals surface area contributed by atoms with Gasteiger partial charge in [-0.2, -0.15) is 0 Å². The van der Waals surface area contributed by atoms with Crippen LogP contribution in [0.2, 0.25) is 0 Å². The first-order valence-electron chi connectivity index (χ1n) is 13.5. The molecule has 1 saturated heterocycles. The number of nitrogens with one attached hydrogen (secondary N) is 3. The summed E-state index contributed by atoms with van der Waals surface area (Å²) in [6, 6.07) is 7.93. The van der Waals surface area contributed by atoms with E-state index in [0.717, 1.165) is 0 Å². The number of rotatable bonds is 12. The Bertz CT molecular complexity index is 1380. The Morgan fingerprint density at radius 3 is 2.07 bits per heavy atom. The molecule has 1 aliphatic heterocycles. The first kappa shape index (κ1) is 30.1. The lowest BCUT2D eigenvalue weighted by molar-refractivity contribution is -0.144. The van der Waals surface area contributed by atoms with Crippen molar-refractivity contribution in [2.45, 2.75) is 56.3 Å². The predicted molar refractivity (Wildman–Crippen MR) is 150 cm³/mol. The third-order valence-corrected chi connectivity index (χ3v) is 7.15. The Labute approximate surface area is 241 Å². The van der Waals surface area contributed by atoms with Crippen LogP contribution in [0.5, 0.6) is 11.5 Å². The summed E-state index contributed by atoms with van der Waals surface area (Å²) in [6.07, 6.45) is 4.07. The first-order valence-corrected chi connectivity index (χ1v) is 13.5. The number of nitrogens with two attached hydrogens (primary N) is 1. The van der Waals surface area contributed by atoms with Gasteiger partial charge >= 0.3 is 5.97 Å². The average Bonchev–Trinajstić information content (AvgIpc) is 3.67. The fourth-order valence-corrected chi connectivity index (χ4v) is 4.91. The molecule has 0 saturated carbocycles. The Morgan fingerprint density at radius 2 is 1.52 bits per heavy atom. The maximum atomic E-state index is 13.8. The molecule has 0 radical (unpaired) electrons. The lowest BCUT2D eigenvalue weighted by Gasteiger charge is -2.30. The molecule has 2 aromatic carbocycles. The Balaban J connectivity index is 1.48. The van der Waals surface area contributed by atoms with E-state index in [2.05, 4.69) is 20.6 Å². The van der Waals surface area contributed by atoms with Crippen molar-refractivity contribution < 1.29 is 34.5 Å². The van der Waals surface area contributed by atoms with Crippen molar-refractivity contribution in [1.82, 2.24) is 25.5 Å². The summed E-state index contributed by atoms with van der Waals surface area (Å²) in [5, 5.41) is 34.2. The van der Waals surface area contributed by atoms with E-state index in [1.54, 1.807) is 30.5 Å². The third-order valence-electron chi connectivity index (χ3n) is 7.15. The minimum atomic E-state index is -1.26. The number of phenolic OH excluding ortho intramolecular Hbond substituents is 2. The molecule has 4 rings (SSSR count). The van der Waals surface area contributed by atoms with Gasteiger partial charge in [0.25, 0.3) is 0 Å². The number of H-pyrrole nitrogens is 1. The molecule has 3 amide bonds. The maximum absolute atomic E-state index is 13.8. The van der Waals surface area contributed by atoms with Gasteiger partial charge in [-0.3, -0.25) is 14.4 Å². The van der Waals surface area contributed by atoms with Crippen LogP contribution in [-0.2, 0) is 38.4 Å². The van der Waals surface area contributed by atoms with Crippen molar-refractivity contribution in [1.29, 1.82) is 0 Å². The lowest BCUT2D eigenvalue weighted by atomic mass is 10.0. The van der Waals surface area contributed by atoms with E-state index in [1.165, 1.54) is 35.5 Å². The van der Waals surface area contributed by atoms with E-state index in [9.17, 15) is 34.5 Å². The molecule has 42 heavy (non-hydrogen) atoms. The SMILES string of the molecule is NC(Cc1cnc[nH]1)C(=O)NC(Cc1ccc(O)cc1)C(=O)N1CCCC1C(=O)NC(Cc1ccc(O)cc1)C(=O)O. The second kappa shape index (κ2) is 13.6. The molecule has 1 fully saturated rings. The number of amides is 3. The molecular formula is C29H34N6O7. The summed E-state index contributed by atoms with van der Waals surface area (Å²) in [4.78, 5) is 60.3. The number of carbonyl (C=O) groups is 4. The van der Waals surface area contributed by atoms with Gasteiger partial charge in [-0.1, -0.05) is 24.3 Å². The minimum Gasteiger partial charge on any atom is -0.508 e. The monoisotopic (exact) mass is 578 g/mol. The second-order valence-electron chi connectivity index (χ2n) is 10.3. The topological polar surface area (TPSA) is 211 Å². The fraction of sp³-hybridized carbons (Fsp3) is 0.345. The normalized spacial score (nSPS) is 16.8. The number of aliphatic carboxylic acids is 1. The molecule has 1 aromatic heterocycles. The number of carboxylic acid groups (broad SMARTS) is 1. The molecule has 8 N–H and O–H groups in total. The van der Waals surface area contributed by atoms with Crippen LogP contribution in [0.15, 0.2) is 61.1 Å². The fourth-order valence-electron chi connectivity index (χ4n) is 4.91. The molecule has 222 valence electrons. The largest absolute Gasteiger partial charge is 0.508 e. The molecule has 1 aliphatic rings. The molecule has 0 spiro atoms. The van der Waals surface area contributed by atoms with E-state index >= 15 is 0 Å². The quantitative estimate of drug-likeness (QED) is 0.156. The van der Waals surface area contributed by atoms with Crippen LogP contribution in [0.25, 0.3) is 0 Å². The zero-order valence-corrected chi connectivity index (χ0v) is 22.8. The highest BCUT2D eigenvalue weighted by atomic mass is 16.4. The zero-order valence-electron chi connectivity index (χ0n) is 22.8. The van der Waals surface area contributed by atoms with Crippen LogP contribution in [0.4, 0.5) is 0 Å². The number of aromatic amines is 1. The number of likely N-dealkylation sites (tertiary alicyclic amines) is 1. The third kappa shape index (κ3) is 7.85. The number of imidazole rings is 1. The van der Waals surface area contributed by atoms with E-state index < -0.39 is 47.9 Å². The van der Waals surface area contributed by atoms with Gasteiger partial charge in [0.2, 0.25) is 17.7 Å². The number of phenols is 2. The number of hydrogen-bond acceptors (Lipinski definition) is 8. The highest BCUT2D eigenvalue weighted by molar-refractivity contribution is 5.94. The van der Waals surface area contributed by atoms with Crippen molar-refractivity contribution >= 4 is 23.7 Å². The van der Waals surface area contributed by atoms with E-state index in [-0.39, 0.29) is 37.3 Å². The van der Waals surface area contributed by atoms with Crippen molar-refractivity contribution in [3.8, 4) is 11.5 Å². The molecular weight excluding hydrogens is 544 g/mol. The number of aromatic hydroxyl groups is 2. The molecule has 0 aliphatic carbocycles. The lowest BCUT2D eigenvalue weighted by Crippen LogP contribution is -2.57. The summed E-state index contributed by atoms with van der Waals surface area (Å²) in [5.41, 5.74) is 8.01. The number of carbonyl (C=O) groups excluding carboxylic acids is 3. The highest BCUT2D eigenvalue weighted by Gasteiger charge is 2.39. The standard InChI is InChI=1S/C29H34N6O7/c30-22(14-19-15-31-16-32-19)26(38)33-23(12-17-3-7-20(36)8-4-17)28(40)35-11-1-2-25(35)27(39)34-24(29(41)42)13-18-5-9-21(37)10-6-18/h3-10,15-16,22-25,36-37H,1-2,11-14,30H2,(H,31,32)(H,33,38)(H,34,39)(H,41,42). The van der Waals surface area contributed by atoms with Crippen LogP contribution in [-0.4, -0.2) is 84.6 Å². The average molecular weight is 579 g/mol. The Hall–Kier alpha value is -4.91. The van der Waals surface area contributed by atoms with Gasteiger partial charge in [-0.15, -0.1) is 0 Å². The Kier molecular flexibility index (Phi) is 9.76. The summed E-state index contributed by atoms with van der Waals surface area (Å²) in [7, 11) is 0. The number of benzene rings is 2. The number of nitrogens with zero attached hydrogens (tertiary/aromatic N) is 2.